The van der Waals surface area contributed by atoms with Crippen LogP contribution in [-0.2, 0) is 0 Å². The summed E-state index contributed by atoms with van der Waals surface area (Å²) in [5.74, 6) is -1.17. The standard InChI is InChI=1S/C14H13NO4/c1-15-13(16)12-9-6-4-3-5-8(9)11(19-2)7-10(12)14(17)18/h3-7H,1-2H3,(H,15,16)(H,17,18). The van der Waals surface area contributed by atoms with E-state index < -0.39 is 11.9 Å². The molecule has 5 heteroatoms. The maximum Gasteiger partial charge on any atom is 0.336 e. The van der Waals surface area contributed by atoms with E-state index >= 15 is 0 Å². The van der Waals surface area contributed by atoms with E-state index in [1.54, 1.807) is 24.3 Å². The van der Waals surface area contributed by atoms with E-state index in [0.29, 0.717) is 16.5 Å². The molecular formula is C14H13NO4. The third kappa shape index (κ3) is 2.10. The molecule has 0 atom stereocenters. The van der Waals surface area contributed by atoms with Gasteiger partial charge in [-0.1, -0.05) is 24.3 Å². The van der Waals surface area contributed by atoms with Gasteiger partial charge in [0.1, 0.15) is 5.75 Å². The van der Waals surface area contributed by atoms with Crippen molar-refractivity contribution in [2.45, 2.75) is 0 Å². The molecule has 0 radical (unpaired) electrons. The predicted molar refractivity (Wildman–Crippen MR) is 70.8 cm³/mol. The van der Waals surface area contributed by atoms with Crippen LogP contribution >= 0.6 is 0 Å². The molecule has 0 saturated heterocycles. The van der Waals surface area contributed by atoms with Crippen LogP contribution in [0, 0.1) is 0 Å². The first-order valence-corrected chi connectivity index (χ1v) is 5.65. The minimum atomic E-state index is -1.16. The number of fused-ring (bicyclic) bond motifs is 1. The second kappa shape index (κ2) is 4.97. The Morgan fingerprint density at radius 1 is 1.21 bits per heavy atom. The van der Waals surface area contributed by atoms with Crippen LogP contribution in [0.1, 0.15) is 20.7 Å². The number of nitrogens with one attached hydrogen (secondary N) is 1. The van der Waals surface area contributed by atoms with Crippen LogP contribution in [0.15, 0.2) is 30.3 Å². The first-order chi connectivity index (χ1) is 9.10. The highest BCUT2D eigenvalue weighted by Gasteiger charge is 2.21. The number of rotatable bonds is 3. The summed E-state index contributed by atoms with van der Waals surface area (Å²) in [5.41, 5.74) is 0.0706. The fraction of sp³-hybridized carbons (Fsp3) is 0.143. The summed E-state index contributed by atoms with van der Waals surface area (Å²) in [6.07, 6.45) is 0. The smallest absolute Gasteiger partial charge is 0.336 e. The number of carboxylic acid groups (broad SMARTS) is 1. The molecule has 19 heavy (non-hydrogen) atoms. The van der Waals surface area contributed by atoms with Gasteiger partial charge in [0.2, 0.25) is 0 Å². The molecule has 98 valence electrons. The van der Waals surface area contributed by atoms with Crippen LogP contribution in [0.2, 0.25) is 0 Å². The van der Waals surface area contributed by atoms with E-state index in [1.807, 2.05) is 0 Å². The highest BCUT2D eigenvalue weighted by Crippen LogP contribution is 2.31. The highest BCUT2D eigenvalue weighted by molar-refractivity contribution is 6.15. The second-order valence-electron chi connectivity index (χ2n) is 3.93. The van der Waals surface area contributed by atoms with Gasteiger partial charge in [0.05, 0.1) is 18.2 Å². The number of carbonyl (C=O) groups is 2. The molecule has 0 spiro atoms. The molecule has 0 aromatic heterocycles. The zero-order valence-corrected chi connectivity index (χ0v) is 10.6. The Balaban J connectivity index is 2.93. The van der Waals surface area contributed by atoms with Gasteiger partial charge in [-0.2, -0.15) is 0 Å². The third-order valence-corrected chi connectivity index (χ3v) is 2.91. The molecule has 0 aliphatic carbocycles. The van der Waals surface area contributed by atoms with Gasteiger partial charge in [-0.3, -0.25) is 4.79 Å². The maximum atomic E-state index is 11.9. The lowest BCUT2D eigenvalue weighted by Gasteiger charge is -2.12. The maximum absolute atomic E-state index is 11.9. The first kappa shape index (κ1) is 12.9. The molecule has 0 saturated carbocycles. The molecule has 0 bridgehead atoms. The van der Waals surface area contributed by atoms with Crippen molar-refractivity contribution in [3.8, 4) is 5.75 Å². The van der Waals surface area contributed by atoms with E-state index in [1.165, 1.54) is 20.2 Å². The van der Waals surface area contributed by atoms with Gasteiger partial charge in [-0.15, -0.1) is 0 Å². The number of amides is 1. The number of aromatic carboxylic acids is 1. The SMILES string of the molecule is CNC(=O)c1c(C(=O)O)cc(OC)c2ccccc12. The van der Waals surface area contributed by atoms with E-state index in [4.69, 9.17) is 4.74 Å². The Hall–Kier alpha value is -2.56. The Kier molecular flexibility index (Phi) is 3.37. The number of hydrogen-bond acceptors (Lipinski definition) is 3. The van der Waals surface area contributed by atoms with Gasteiger partial charge in [0.15, 0.2) is 0 Å². The molecule has 2 rings (SSSR count). The molecule has 5 nitrogen and oxygen atoms in total. The summed E-state index contributed by atoms with van der Waals surface area (Å²) in [6, 6.07) is 8.41. The molecule has 2 aromatic carbocycles. The molecule has 0 aliphatic heterocycles. The number of carbonyl (C=O) groups excluding carboxylic acids is 1. The second-order valence-corrected chi connectivity index (χ2v) is 3.93. The molecule has 2 N–H and O–H groups in total. The highest BCUT2D eigenvalue weighted by atomic mass is 16.5. The zero-order chi connectivity index (χ0) is 14.0. The third-order valence-electron chi connectivity index (χ3n) is 2.91. The monoisotopic (exact) mass is 259 g/mol. The van der Waals surface area contributed by atoms with Crippen LogP contribution in [0.25, 0.3) is 10.8 Å². The Morgan fingerprint density at radius 2 is 1.84 bits per heavy atom. The zero-order valence-electron chi connectivity index (χ0n) is 10.6. The van der Waals surface area contributed by atoms with E-state index in [0.717, 1.165) is 0 Å². The Bertz CT molecular complexity index is 664. The van der Waals surface area contributed by atoms with E-state index in [-0.39, 0.29) is 11.1 Å². The average molecular weight is 259 g/mol. The quantitative estimate of drug-likeness (QED) is 0.882. The number of hydrogen-bond donors (Lipinski definition) is 2. The van der Waals surface area contributed by atoms with Gasteiger partial charge >= 0.3 is 5.97 Å². The van der Waals surface area contributed by atoms with Gasteiger partial charge in [0.25, 0.3) is 5.91 Å². The fourth-order valence-corrected chi connectivity index (χ4v) is 2.05. The lowest BCUT2D eigenvalue weighted by molar-refractivity contribution is 0.0691. The van der Waals surface area contributed by atoms with E-state index in [9.17, 15) is 14.7 Å². The number of ether oxygens (including phenoxy) is 1. The minimum Gasteiger partial charge on any atom is -0.496 e. The van der Waals surface area contributed by atoms with Crippen molar-refractivity contribution in [1.82, 2.24) is 5.32 Å². The summed E-state index contributed by atoms with van der Waals surface area (Å²) in [6.45, 7) is 0. The summed E-state index contributed by atoms with van der Waals surface area (Å²) < 4.78 is 5.19. The van der Waals surface area contributed by atoms with Crippen LogP contribution in [0.4, 0.5) is 0 Å². The fourth-order valence-electron chi connectivity index (χ4n) is 2.05. The largest absolute Gasteiger partial charge is 0.496 e. The number of carboxylic acids is 1. The number of benzene rings is 2. The van der Waals surface area contributed by atoms with Crippen molar-refractivity contribution in [2.75, 3.05) is 14.2 Å². The molecule has 0 fully saturated rings. The van der Waals surface area contributed by atoms with Crippen molar-refractivity contribution >= 4 is 22.6 Å². The molecular weight excluding hydrogens is 246 g/mol. The first-order valence-electron chi connectivity index (χ1n) is 5.65. The van der Waals surface area contributed by atoms with Crippen LogP contribution in [-0.4, -0.2) is 31.1 Å². The van der Waals surface area contributed by atoms with Gasteiger partial charge < -0.3 is 15.2 Å². The average Bonchev–Trinajstić information content (AvgIpc) is 2.44. The summed E-state index contributed by atoms with van der Waals surface area (Å²) in [4.78, 5) is 23.3. The van der Waals surface area contributed by atoms with Gasteiger partial charge in [-0.05, 0) is 11.5 Å². The van der Waals surface area contributed by atoms with Crippen molar-refractivity contribution in [3.63, 3.8) is 0 Å². The van der Waals surface area contributed by atoms with Gasteiger partial charge in [-0.25, -0.2) is 4.79 Å². The molecule has 0 unspecified atom stereocenters. The minimum absolute atomic E-state index is 0.0742. The molecule has 0 aliphatic rings. The lowest BCUT2D eigenvalue weighted by atomic mass is 9.97. The predicted octanol–water partition coefficient (Wildman–Crippen LogP) is 1.91. The lowest BCUT2D eigenvalue weighted by Crippen LogP contribution is -2.21. The van der Waals surface area contributed by atoms with Crippen molar-refractivity contribution < 1.29 is 19.4 Å². The summed E-state index contributed by atoms with van der Waals surface area (Å²) >= 11 is 0. The summed E-state index contributed by atoms with van der Waals surface area (Å²) in [7, 11) is 2.93. The van der Waals surface area contributed by atoms with Crippen molar-refractivity contribution in [1.29, 1.82) is 0 Å². The van der Waals surface area contributed by atoms with Crippen LogP contribution in [0.5, 0.6) is 5.75 Å². The van der Waals surface area contributed by atoms with Crippen LogP contribution in [0.3, 0.4) is 0 Å². The topological polar surface area (TPSA) is 75.6 Å². The summed E-state index contributed by atoms with van der Waals surface area (Å²) in [5, 5.41) is 13.0. The normalized spacial score (nSPS) is 10.2. The van der Waals surface area contributed by atoms with Crippen molar-refractivity contribution in [3.05, 3.63) is 41.5 Å². The molecule has 0 heterocycles. The molecule has 1 amide bonds. The Labute approximate surface area is 109 Å². The van der Waals surface area contributed by atoms with Crippen LogP contribution < -0.4 is 10.1 Å². The molecule has 2 aromatic rings. The number of methoxy groups -OCH3 is 1. The van der Waals surface area contributed by atoms with Crippen molar-refractivity contribution in [2.24, 2.45) is 0 Å². The Morgan fingerprint density at radius 3 is 2.37 bits per heavy atom. The van der Waals surface area contributed by atoms with Gasteiger partial charge in [0, 0.05) is 12.4 Å². The van der Waals surface area contributed by atoms with E-state index in [2.05, 4.69) is 5.32 Å².